The smallest absolute Gasteiger partial charge is 0.257 e. The molecule has 114 valence electrons. The first-order valence-corrected chi connectivity index (χ1v) is 7.00. The Bertz CT molecular complexity index is 822. The molecule has 1 aromatic carbocycles. The van der Waals surface area contributed by atoms with Crippen molar-refractivity contribution >= 4 is 17.4 Å². The molecular weight excluding hydrogens is 292 g/mol. The minimum Gasteiger partial charge on any atom is -0.322 e. The number of imidazole rings is 1. The van der Waals surface area contributed by atoms with Crippen molar-refractivity contribution in [1.29, 1.82) is 0 Å². The number of rotatable bonds is 4. The van der Waals surface area contributed by atoms with Crippen molar-refractivity contribution in [3.63, 3.8) is 0 Å². The van der Waals surface area contributed by atoms with Crippen LogP contribution in [-0.4, -0.2) is 26.2 Å². The Labute approximate surface area is 132 Å². The summed E-state index contributed by atoms with van der Waals surface area (Å²) in [7, 11) is 0. The first kappa shape index (κ1) is 14.6. The number of nitrogens with zero attached hydrogens (tertiary/aromatic N) is 3. The first-order chi connectivity index (χ1) is 11.1. The summed E-state index contributed by atoms with van der Waals surface area (Å²) in [5, 5.41) is 2.77. The van der Waals surface area contributed by atoms with E-state index < -0.39 is 0 Å². The fraction of sp³-hybridized carbons (Fsp3) is 0.0588. The molecule has 1 amide bonds. The van der Waals surface area contributed by atoms with E-state index in [1.165, 1.54) is 13.1 Å². The number of carbonyl (C=O) groups excluding carboxylic acids is 2. The zero-order valence-electron chi connectivity index (χ0n) is 12.4. The van der Waals surface area contributed by atoms with Crippen molar-refractivity contribution < 1.29 is 9.59 Å². The Hall–Kier alpha value is -3.28. The number of anilines is 1. The second-order valence-electron chi connectivity index (χ2n) is 4.96. The van der Waals surface area contributed by atoms with Gasteiger partial charge >= 0.3 is 0 Å². The Morgan fingerprint density at radius 2 is 1.78 bits per heavy atom. The van der Waals surface area contributed by atoms with E-state index in [0.29, 0.717) is 22.6 Å². The molecule has 0 aliphatic carbocycles. The summed E-state index contributed by atoms with van der Waals surface area (Å²) < 4.78 is 1.75. The summed E-state index contributed by atoms with van der Waals surface area (Å²) in [5.74, 6) is 0.414. The maximum absolute atomic E-state index is 12.2. The van der Waals surface area contributed by atoms with Gasteiger partial charge < -0.3 is 5.32 Å². The van der Waals surface area contributed by atoms with Gasteiger partial charge in [0.25, 0.3) is 5.91 Å². The highest BCUT2D eigenvalue weighted by atomic mass is 16.1. The summed E-state index contributed by atoms with van der Waals surface area (Å²) in [5.41, 5.74) is 1.68. The maximum atomic E-state index is 12.2. The zero-order chi connectivity index (χ0) is 16.2. The highest BCUT2D eigenvalue weighted by Gasteiger charge is 2.08. The van der Waals surface area contributed by atoms with Crippen LogP contribution >= 0.6 is 0 Å². The number of ketones is 1. The van der Waals surface area contributed by atoms with Crippen LogP contribution in [0.2, 0.25) is 0 Å². The molecule has 6 nitrogen and oxygen atoms in total. The Morgan fingerprint density at radius 3 is 2.35 bits per heavy atom. The lowest BCUT2D eigenvalue weighted by Crippen LogP contribution is -2.12. The van der Waals surface area contributed by atoms with Crippen LogP contribution in [0.1, 0.15) is 27.6 Å². The van der Waals surface area contributed by atoms with Gasteiger partial charge in [-0.1, -0.05) is 0 Å². The monoisotopic (exact) mass is 306 g/mol. The molecule has 1 N–H and O–H groups in total. The fourth-order valence-corrected chi connectivity index (χ4v) is 2.06. The molecule has 0 atom stereocenters. The van der Waals surface area contributed by atoms with Gasteiger partial charge in [-0.25, -0.2) is 9.97 Å². The van der Waals surface area contributed by atoms with Crippen molar-refractivity contribution in [2.24, 2.45) is 0 Å². The molecule has 0 aliphatic heterocycles. The maximum Gasteiger partial charge on any atom is 0.257 e. The van der Waals surface area contributed by atoms with Gasteiger partial charge in [-0.3, -0.25) is 14.2 Å². The van der Waals surface area contributed by atoms with Gasteiger partial charge in [0.2, 0.25) is 0 Å². The number of Topliss-reactive ketones (excluding diaryl/α,β-unsaturated/α-hetero) is 1. The van der Waals surface area contributed by atoms with Crippen molar-refractivity contribution in [2.45, 2.75) is 6.92 Å². The SMILES string of the molecule is CC(=O)c1ccc(NC(=O)c2ccc(-n3ccnc3)nc2)cc1. The van der Waals surface area contributed by atoms with Gasteiger partial charge in [-0.2, -0.15) is 0 Å². The molecule has 0 bridgehead atoms. The summed E-state index contributed by atoms with van der Waals surface area (Å²) in [6.45, 7) is 1.50. The first-order valence-electron chi connectivity index (χ1n) is 7.00. The van der Waals surface area contributed by atoms with Gasteiger partial charge in [0, 0.05) is 29.8 Å². The van der Waals surface area contributed by atoms with E-state index in [1.807, 2.05) is 0 Å². The third-order valence-corrected chi connectivity index (χ3v) is 3.33. The number of hydrogen-bond donors (Lipinski definition) is 1. The van der Waals surface area contributed by atoms with E-state index in [9.17, 15) is 9.59 Å². The Kier molecular flexibility index (Phi) is 3.97. The van der Waals surface area contributed by atoms with Crippen LogP contribution in [0.25, 0.3) is 5.82 Å². The van der Waals surface area contributed by atoms with Crippen LogP contribution in [0.5, 0.6) is 0 Å². The van der Waals surface area contributed by atoms with Gasteiger partial charge in [0.05, 0.1) is 5.56 Å². The highest BCUT2D eigenvalue weighted by molar-refractivity contribution is 6.04. The van der Waals surface area contributed by atoms with Gasteiger partial charge in [-0.15, -0.1) is 0 Å². The van der Waals surface area contributed by atoms with Gasteiger partial charge in [0.15, 0.2) is 5.78 Å². The Morgan fingerprint density at radius 1 is 1.04 bits per heavy atom. The topological polar surface area (TPSA) is 76.9 Å². The third kappa shape index (κ3) is 3.32. The minimum absolute atomic E-state index is 0.0119. The fourth-order valence-electron chi connectivity index (χ4n) is 2.06. The van der Waals surface area contributed by atoms with Crippen LogP contribution in [0.3, 0.4) is 0 Å². The van der Waals surface area contributed by atoms with Crippen molar-refractivity contribution in [2.75, 3.05) is 5.32 Å². The number of aromatic nitrogens is 3. The van der Waals surface area contributed by atoms with Crippen LogP contribution in [-0.2, 0) is 0 Å². The summed E-state index contributed by atoms with van der Waals surface area (Å²) in [6, 6.07) is 10.2. The molecule has 23 heavy (non-hydrogen) atoms. The lowest BCUT2D eigenvalue weighted by molar-refractivity contribution is 0.101. The lowest BCUT2D eigenvalue weighted by Gasteiger charge is -2.06. The van der Waals surface area contributed by atoms with Gasteiger partial charge in [0.1, 0.15) is 12.1 Å². The van der Waals surface area contributed by atoms with E-state index >= 15 is 0 Å². The van der Waals surface area contributed by atoms with E-state index in [0.717, 1.165) is 0 Å². The second-order valence-corrected chi connectivity index (χ2v) is 4.96. The molecule has 0 saturated carbocycles. The summed E-state index contributed by atoms with van der Waals surface area (Å²) >= 11 is 0. The molecule has 6 heteroatoms. The Balaban J connectivity index is 1.71. The number of pyridine rings is 1. The van der Waals surface area contributed by atoms with Gasteiger partial charge in [-0.05, 0) is 43.3 Å². The van der Waals surface area contributed by atoms with Crippen LogP contribution < -0.4 is 5.32 Å². The van der Waals surface area contributed by atoms with Crippen LogP contribution in [0, 0.1) is 0 Å². The highest BCUT2D eigenvalue weighted by Crippen LogP contribution is 2.12. The molecule has 3 aromatic rings. The van der Waals surface area contributed by atoms with Crippen LogP contribution in [0.15, 0.2) is 61.3 Å². The average molecular weight is 306 g/mol. The molecule has 0 aliphatic rings. The summed E-state index contributed by atoms with van der Waals surface area (Å²) in [4.78, 5) is 31.6. The van der Waals surface area contributed by atoms with Crippen molar-refractivity contribution in [3.05, 3.63) is 72.4 Å². The molecule has 2 aromatic heterocycles. The summed E-state index contributed by atoms with van der Waals surface area (Å²) in [6.07, 6.45) is 6.58. The zero-order valence-corrected chi connectivity index (χ0v) is 12.4. The molecular formula is C17H14N4O2. The molecule has 0 spiro atoms. The van der Waals surface area contributed by atoms with E-state index in [1.54, 1.807) is 59.7 Å². The van der Waals surface area contributed by atoms with Crippen molar-refractivity contribution in [3.8, 4) is 5.82 Å². The number of carbonyl (C=O) groups is 2. The molecule has 2 heterocycles. The predicted octanol–water partition coefficient (Wildman–Crippen LogP) is 2.72. The van der Waals surface area contributed by atoms with Crippen LogP contribution in [0.4, 0.5) is 5.69 Å². The molecule has 0 fully saturated rings. The lowest BCUT2D eigenvalue weighted by atomic mass is 10.1. The number of nitrogens with one attached hydrogen (secondary N) is 1. The minimum atomic E-state index is -0.259. The van der Waals surface area contributed by atoms with Crippen molar-refractivity contribution in [1.82, 2.24) is 14.5 Å². The molecule has 0 saturated heterocycles. The second kappa shape index (κ2) is 6.23. The number of benzene rings is 1. The molecule has 0 radical (unpaired) electrons. The number of amides is 1. The predicted molar refractivity (Wildman–Crippen MR) is 85.8 cm³/mol. The van der Waals surface area contributed by atoms with E-state index in [2.05, 4.69) is 15.3 Å². The molecule has 3 rings (SSSR count). The average Bonchev–Trinajstić information content (AvgIpc) is 3.10. The largest absolute Gasteiger partial charge is 0.322 e. The normalized spacial score (nSPS) is 10.3. The van der Waals surface area contributed by atoms with E-state index in [-0.39, 0.29) is 11.7 Å². The standard InChI is InChI=1S/C17H14N4O2/c1-12(22)13-2-5-15(6-3-13)20-17(23)14-4-7-16(19-10-14)21-9-8-18-11-21/h2-11H,1H3,(H,20,23). The quantitative estimate of drug-likeness (QED) is 0.752. The third-order valence-electron chi connectivity index (χ3n) is 3.33. The number of hydrogen-bond acceptors (Lipinski definition) is 4. The molecule has 0 unspecified atom stereocenters. The van der Waals surface area contributed by atoms with E-state index in [4.69, 9.17) is 0 Å².